The Morgan fingerprint density at radius 1 is 1.00 bits per heavy atom. The molecule has 5 rings (SSSR count). The maximum Gasteiger partial charge on any atom is 0.175 e. The molecule has 2 saturated heterocycles. The summed E-state index contributed by atoms with van der Waals surface area (Å²) >= 11 is 0. The van der Waals surface area contributed by atoms with Crippen molar-refractivity contribution >= 4 is 16.6 Å². The summed E-state index contributed by atoms with van der Waals surface area (Å²) in [5, 5.41) is 6.57. The van der Waals surface area contributed by atoms with Gasteiger partial charge in [0, 0.05) is 62.4 Å². The van der Waals surface area contributed by atoms with Gasteiger partial charge in [-0.05, 0) is 56.1 Å². The van der Waals surface area contributed by atoms with Gasteiger partial charge in [-0.25, -0.2) is 4.39 Å². The molecule has 0 aliphatic carbocycles. The van der Waals surface area contributed by atoms with E-state index >= 15 is 4.39 Å². The van der Waals surface area contributed by atoms with Crippen LogP contribution in [-0.2, 0) is 24.8 Å². The van der Waals surface area contributed by atoms with Crippen LogP contribution < -0.4 is 0 Å². The number of alkyl halides is 1. The second-order valence-corrected chi connectivity index (χ2v) is 10.1. The Morgan fingerprint density at radius 2 is 1.76 bits per heavy atom. The van der Waals surface area contributed by atoms with E-state index in [2.05, 4.69) is 38.1 Å². The maximum atomic E-state index is 15.2. The predicted molar refractivity (Wildman–Crippen MR) is 132 cm³/mol. The largest absolute Gasteiger partial charge is 0.306 e. The van der Waals surface area contributed by atoms with Gasteiger partial charge in [-0.1, -0.05) is 18.6 Å². The molecule has 4 heterocycles. The summed E-state index contributed by atoms with van der Waals surface area (Å²) in [5.74, 6) is -0.348. The van der Waals surface area contributed by atoms with E-state index in [1.165, 1.54) is 25.0 Å². The third kappa shape index (κ3) is 4.77. The molecular formula is C27H34FN5O. The van der Waals surface area contributed by atoms with Crippen molar-refractivity contribution < 1.29 is 9.18 Å². The highest BCUT2D eigenvalue weighted by atomic mass is 19.1. The summed E-state index contributed by atoms with van der Waals surface area (Å²) in [7, 11) is 3.97. The molecule has 0 spiro atoms. The fourth-order valence-corrected chi connectivity index (χ4v) is 5.25. The zero-order valence-electron chi connectivity index (χ0n) is 20.3. The Morgan fingerprint density at radius 3 is 2.53 bits per heavy atom. The second-order valence-electron chi connectivity index (χ2n) is 10.1. The number of Topliss-reactive ketones (excluding diaryl/α,β-unsaturated/α-hetero) is 1. The zero-order valence-corrected chi connectivity index (χ0v) is 20.3. The Kier molecular flexibility index (Phi) is 6.49. The van der Waals surface area contributed by atoms with E-state index in [-0.39, 0.29) is 25.0 Å². The highest BCUT2D eigenvalue weighted by Gasteiger charge is 2.40. The van der Waals surface area contributed by atoms with Gasteiger partial charge in [-0.2, -0.15) is 5.10 Å². The lowest BCUT2D eigenvalue weighted by Crippen LogP contribution is -2.45. The molecule has 1 aromatic carbocycles. The van der Waals surface area contributed by atoms with Crippen LogP contribution >= 0.6 is 0 Å². The number of hydrogen-bond acceptors (Lipinski definition) is 5. The number of aryl methyl sites for hydroxylation is 1. The molecule has 34 heavy (non-hydrogen) atoms. The lowest BCUT2D eigenvalue weighted by Gasteiger charge is -2.33. The summed E-state index contributed by atoms with van der Waals surface area (Å²) in [6.07, 6.45) is 8.13. The molecule has 2 aromatic heterocycles. The molecule has 0 radical (unpaired) electrons. The van der Waals surface area contributed by atoms with Crippen molar-refractivity contribution in [3.63, 3.8) is 0 Å². The van der Waals surface area contributed by atoms with E-state index in [4.69, 9.17) is 0 Å². The van der Waals surface area contributed by atoms with Crippen LogP contribution in [0.3, 0.4) is 0 Å². The van der Waals surface area contributed by atoms with Crippen molar-refractivity contribution in [1.29, 1.82) is 0 Å². The molecule has 2 aliphatic heterocycles. The topological polar surface area (TPSA) is 54.3 Å². The summed E-state index contributed by atoms with van der Waals surface area (Å²) in [5.41, 5.74) is 2.36. The van der Waals surface area contributed by atoms with Gasteiger partial charge >= 0.3 is 0 Å². The number of benzene rings is 1. The summed E-state index contributed by atoms with van der Waals surface area (Å²) < 4.78 is 17.2. The standard InChI is InChI=1S/C27H34FN5O/c1-31-12-8-27(28,9-13-31)26(34)16-23-15-22-14-20(6-7-21(22)17-29-23)24-18-30-32(2)25(24)19-33-10-4-3-5-11-33/h6-7,14-15,17-18H,3-5,8-13,16,19H2,1-2H3. The molecule has 6 nitrogen and oxygen atoms in total. The monoisotopic (exact) mass is 463 g/mol. The highest BCUT2D eigenvalue weighted by molar-refractivity contribution is 5.91. The number of rotatable bonds is 6. The van der Waals surface area contributed by atoms with Crippen LogP contribution in [0.2, 0.25) is 0 Å². The smallest absolute Gasteiger partial charge is 0.175 e. The molecular weight excluding hydrogens is 429 g/mol. The zero-order chi connectivity index (χ0) is 23.7. The molecule has 180 valence electrons. The molecule has 7 heteroatoms. The lowest BCUT2D eigenvalue weighted by molar-refractivity contribution is -0.132. The first-order valence-electron chi connectivity index (χ1n) is 12.4. The van der Waals surface area contributed by atoms with Gasteiger partial charge < -0.3 is 4.90 Å². The summed E-state index contributed by atoms with van der Waals surface area (Å²) in [4.78, 5) is 21.9. The van der Waals surface area contributed by atoms with Gasteiger partial charge in [-0.15, -0.1) is 0 Å². The molecule has 0 N–H and O–H groups in total. The average molecular weight is 464 g/mol. The lowest BCUT2D eigenvalue weighted by atomic mass is 9.87. The molecule has 2 aliphatic rings. The fraction of sp³-hybridized carbons (Fsp3) is 0.519. The number of halogens is 1. The number of ketones is 1. The number of hydrogen-bond donors (Lipinski definition) is 0. The van der Waals surface area contributed by atoms with Crippen molar-refractivity contribution in [2.75, 3.05) is 33.2 Å². The minimum absolute atomic E-state index is 0.0352. The quantitative estimate of drug-likeness (QED) is 0.549. The van der Waals surface area contributed by atoms with Gasteiger partial charge in [0.05, 0.1) is 18.3 Å². The van der Waals surface area contributed by atoms with E-state index in [9.17, 15) is 4.79 Å². The Balaban J connectivity index is 1.38. The van der Waals surface area contributed by atoms with Gasteiger partial charge in [0.25, 0.3) is 0 Å². The summed E-state index contributed by atoms with van der Waals surface area (Å²) in [6.45, 7) is 4.40. The number of nitrogens with zero attached hydrogens (tertiary/aromatic N) is 5. The molecule has 0 unspecified atom stereocenters. The molecule has 0 bridgehead atoms. The van der Waals surface area contributed by atoms with E-state index in [1.54, 1.807) is 6.20 Å². The van der Waals surface area contributed by atoms with E-state index in [1.807, 2.05) is 31.0 Å². The van der Waals surface area contributed by atoms with E-state index in [0.717, 1.165) is 41.5 Å². The minimum Gasteiger partial charge on any atom is -0.306 e. The van der Waals surface area contributed by atoms with Crippen molar-refractivity contribution in [3.8, 4) is 11.1 Å². The second kappa shape index (κ2) is 9.55. The first-order valence-corrected chi connectivity index (χ1v) is 12.4. The third-order valence-electron chi connectivity index (χ3n) is 7.59. The number of carbonyl (C=O) groups is 1. The number of fused-ring (bicyclic) bond motifs is 1. The molecule has 0 saturated carbocycles. The number of aromatic nitrogens is 3. The van der Waals surface area contributed by atoms with Crippen LogP contribution in [0.25, 0.3) is 21.9 Å². The van der Waals surface area contributed by atoms with Gasteiger partial charge in [0.15, 0.2) is 11.5 Å². The average Bonchev–Trinajstić information content (AvgIpc) is 3.21. The minimum atomic E-state index is -1.73. The normalized spacial score (nSPS) is 19.5. The molecule has 3 aromatic rings. The number of pyridine rings is 1. The number of piperidine rings is 2. The van der Waals surface area contributed by atoms with Crippen LogP contribution in [0.4, 0.5) is 4.39 Å². The Bertz CT molecular complexity index is 1170. The highest BCUT2D eigenvalue weighted by Crippen LogP contribution is 2.31. The maximum absolute atomic E-state index is 15.2. The predicted octanol–water partition coefficient (Wildman–Crippen LogP) is 4.17. The van der Waals surface area contributed by atoms with Crippen molar-refractivity contribution in [1.82, 2.24) is 24.6 Å². The van der Waals surface area contributed by atoms with E-state index in [0.29, 0.717) is 18.8 Å². The number of likely N-dealkylation sites (tertiary alicyclic amines) is 2. The fourth-order valence-electron chi connectivity index (χ4n) is 5.25. The van der Waals surface area contributed by atoms with Gasteiger partial charge in [-0.3, -0.25) is 19.4 Å². The van der Waals surface area contributed by atoms with Crippen LogP contribution in [0.5, 0.6) is 0 Å². The van der Waals surface area contributed by atoms with Crippen LogP contribution in [0, 0.1) is 0 Å². The Hall–Kier alpha value is -2.64. The van der Waals surface area contributed by atoms with Gasteiger partial charge in [0.2, 0.25) is 0 Å². The summed E-state index contributed by atoms with van der Waals surface area (Å²) in [6, 6.07) is 8.26. The van der Waals surface area contributed by atoms with E-state index < -0.39 is 5.67 Å². The van der Waals surface area contributed by atoms with Crippen molar-refractivity contribution in [3.05, 3.63) is 48.0 Å². The van der Waals surface area contributed by atoms with Crippen molar-refractivity contribution in [2.45, 2.75) is 50.7 Å². The SMILES string of the molecule is CN1CCC(F)(C(=O)Cc2cc3cc(-c4cnn(C)c4CN4CCCCC4)ccc3cn2)CC1. The van der Waals surface area contributed by atoms with Crippen molar-refractivity contribution in [2.24, 2.45) is 7.05 Å². The third-order valence-corrected chi connectivity index (χ3v) is 7.59. The van der Waals surface area contributed by atoms with Crippen LogP contribution in [0.1, 0.15) is 43.5 Å². The van der Waals surface area contributed by atoms with Gasteiger partial charge in [0.1, 0.15) is 0 Å². The Labute approximate surface area is 200 Å². The number of carbonyl (C=O) groups excluding carboxylic acids is 1. The first-order chi connectivity index (χ1) is 16.4. The molecule has 0 amide bonds. The molecule has 0 atom stereocenters. The van der Waals surface area contributed by atoms with Crippen LogP contribution in [-0.4, -0.2) is 69.2 Å². The molecule has 2 fully saturated rings. The van der Waals surface area contributed by atoms with Crippen LogP contribution in [0.15, 0.2) is 36.7 Å². The first kappa shape index (κ1) is 23.1.